The maximum atomic E-state index is 11.7. The van der Waals surface area contributed by atoms with Crippen LogP contribution in [-0.4, -0.2) is 21.9 Å². The Labute approximate surface area is 121 Å². The molecule has 18 heavy (non-hydrogen) atoms. The van der Waals surface area contributed by atoms with Crippen LogP contribution >= 0.6 is 39.0 Å². The minimum atomic E-state index is -0.0500. The highest BCUT2D eigenvalue weighted by Crippen LogP contribution is 2.22. The van der Waals surface area contributed by atoms with E-state index >= 15 is 0 Å². The maximum Gasteiger partial charge on any atom is 0.234 e. The van der Waals surface area contributed by atoms with Crippen molar-refractivity contribution >= 4 is 50.6 Å². The molecule has 0 spiro atoms. The summed E-state index contributed by atoms with van der Waals surface area (Å²) in [5, 5.41) is 10.4. The smallest absolute Gasteiger partial charge is 0.234 e. The van der Waals surface area contributed by atoms with Crippen molar-refractivity contribution in [1.29, 1.82) is 0 Å². The minimum Gasteiger partial charge on any atom is -0.325 e. The van der Waals surface area contributed by atoms with Crippen LogP contribution < -0.4 is 5.32 Å². The Morgan fingerprint density at radius 3 is 3.06 bits per heavy atom. The summed E-state index contributed by atoms with van der Waals surface area (Å²) in [5.41, 5.74) is 3.57. The first-order valence-corrected chi connectivity index (χ1v) is 7.76. The van der Waals surface area contributed by atoms with Crippen molar-refractivity contribution in [3.63, 3.8) is 0 Å². The number of hydrogen-bond donors (Lipinski definition) is 1. The number of halogens is 1. The fourth-order valence-electron chi connectivity index (χ4n) is 1.22. The zero-order chi connectivity index (χ0) is 13.0. The molecule has 0 fully saturated rings. The molecule has 0 aliphatic heterocycles. The van der Waals surface area contributed by atoms with Crippen LogP contribution in [0, 0.1) is 6.92 Å². The van der Waals surface area contributed by atoms with Gasteiger partial charge in [0.2, 0.25) is 5.91 Å². The van der Waals surface area contributed by atoms with Gasteiger partial charge in [0.25, 0.3) is 0 Å². The van der Waals surface area contributed by atoms with E-state index in [0.717, 1.165) is 20.1 Å². The van der Waals surface area contributed by atoms with E-state index in [1.807, 2.05) is 25.1 Å². The lowest BCUT2D eigenvalue weighted by Gasteiger charge is -2.06. The van der Waals surface area contributed by atoms with E-state index in [4.69, 9.17) is 0 Å². The standard InChI is InChI=1S/C11H10BrN3OS2/c1-7-2-3-8(4-9(7)12)14-10(16)5-17-11-15-13-6-18-11/h2-4,6H,5H2,1H3,(H,14,16). The number of hydrogen-bond acceptors (Lipinski definition) is 5. The lowest BCUT2D eigenvalue weighted by atomic mass is 10.2. The van der Waals surface area contributed by atoms with Gasteiger partial charge in [-0.2, -0.15) is 0 Å². The van der Waals surface area contributed by atoms with Crippen LogP contribution in [0.1, 0.15) is 5.56 Å². The number of aryl methyl sites for hydroxylation is 1. The minimum absolute atomic E-state index is 0.0500. The molecule has 0 atom stereocenters. The SMILES string of the molecule is Cc1ccc(NC(=O)CSc2nncs2)cc1Br. The Hall–Kier alpha value is -0.920. The number of nitrogens with zero attached hydrogens (tertiary/aromatic N) is 2. The molecule has 0 unspecified atom stereocenters. The maximum absolute atomic E-state index is 11.7. The van der Waals surface area contributed by atoms with Gasteiger partial charge < -0.3 is 5.32 Å². The third-order valence-corrected chi connectivity index (χ3v) is 4.84. The third kappa shape index (κ3) is 3.79. The predicted octanol–water partition coefficient (Wildman–Crippen LogP) is 3.34. The van der Waals surface area contributed by atoms with Crippen LogP contribution in [0.3, 0.4) is 0 Å². The number of benzene rings is 1. The highest BCUT2D eigenvalue weighted by atomic mass is 79.9. The zero-order valence-corrected chi connectivity index (χ0v) is 12.7. The van der Waals surface area contributed by atoms with Gasteiger partial charge in [0, 0.05) is 10.2 Å². The summed E-state index contributed by atoms with van der Waals surface area (Å²) in [7, 11) is 0. The van der Waals surface area contributed by atoms with Crippen LogP contribution in [0.15, 0.2) is 32.5 Å². The molecular weight excluding hydrogens is 334 g/mol. The average Bonchev–Trinajstić information content (AvgIpc) is 2.84. The summed E-state index contributed by atoms with van der Waals surface area (Å²) in [6.07, 6.45) is 0. The molecule has 2 rings (SSSR count). The van der Waals surface area contributed by atoms with Crippen LogP contribution in [-0.2, 0) is 4.79 Å². The number of aromatic nitrogens is 2. The molecular formula is C11H10BrN3OS2. The number of thioether (sulfide) groups is 1. The van der Waals surface area contributed by atoms with E-state index in [1.54, 1.807) is 5.51 Å². The number of carbonyl (C=O) groups excluding carboxylic acids is 1. The van der Waals surface area contributed by atoms with Gasteiger partial charge in [-0.25, -0.2) is 0 Å². The fourth-order valence-corrected chi connectivity index (χ4v) is 2.89. The third-order valence-electron chi connectivity index (χ3n) is 2.12. The molecule has 0 aliphatic rings. The second-order valence-corrected chi connectivity index (χ2v) is 6.42. The Bertz CT molecular complexity index is 545. The molecule has 0 bridgehead atoms. The van der Waals surface area contributed by atoms with Gasteiger partial charge in [-0.05, 0) is 24.6 Å². The summed E-state index contributed by atoms with van der Waals surface area (Å²) >= 11 is 6.25. The zero-order valence-electron chi connectivity index (χ0n) is 9.51. The molecule has 0 saturated heterocycles. The molecule has 1 aromatic heterocycles. The van der Waals surface area contributed by atoms with Gasteiger partial charge in [0.1, 0.15) is 5.51 Å². The molecule has 0 saturated carbocycles. The number of anilines is 1. The largest absolute Gasteiger partial charge is 0.325 e. The molecule has 1 heterocycles. The quantitative estimate of drug-likeness (QED) is 0.865. The molecule has 1 amide bonds. The Morgan fingerprint density at radius 2 is 2.39 bits per heavy atom. The summed E-state index contributed by atoms with van der Waals surface area (Å²) in [6.45, 7) is 2.00. The van der Waals surface area contributed by atoms with Crippen LogP contribution in [0.2, 0.25) is 0 Å². The normalized spacial score (nSPS) is 10.3. The van der Waals surface area contributed by atoms with Gasteiger partial charge in [-0.3, -0.25) is 4.79 Å². The number of carbonyl (C=O) groups is 1. The number of amides is 1. The van der Waals surface area contributed by atoms with Crippen molar-refractivity contribution in [3.05, 3.63) is 33.7 Å². The molecule has 7 heteroatoms. The first kappa shape index (κ1) is 13.5. The van der Waals surface area contributed by atoms with E-state index in [-0.39, 0.29) is 5.91 Å². The average molecular weight is 344 g/mol. The highest BCUT2D eigenvalue weighted by molar-refractivity contribution is 9.10. The van der Waals surface area contributed by atoms with Gasteiger partial charge >= 0.3 is 0 Å². The van der Waals surface area contributed by atoms with E-state index in [9.17, 15) is 4.79 Å². The van der Waals surface area contributed by atoms with Crippen LogP contribution in [0.25, 0.3) is 0 Å². The molecule has 0 radical (unpaired) electrons. The summed E-state index contributed by atoms with van der Waals surface area (Å²) in [5.74, 6) is 0.284. The molecule has 2 aromatic rings. The summed E-state index contributed by atoms with van der Waals surface area (Å²) in [6, 6.07) is 5.73. The van der Waals surface area contributed by atoms with Crippen molar-refractivity contribution in [3.8, 4) is 0 Å². The number of nitrogens with one attached hydrogen (secondary N) is 1. The van der Waals surface area contributed by atoms with E-state index in [0.29, 0.717) is 5.75 Å². The van der Waals surface area contributed by atoms with Gasteiger partial charge in [0.15, 0.2) is 4.34 Å². The highest BCUT2D eigenvalue weighted by Gasteiger charge is 2.06. The molecule has 4 nitrogen and oxygen atoms in total. The van der Waals surface area contributed by atoms with Crippen molar-refractivity contribution in [2.24, 2.45) is 0 Å². The van der Waals surface area contributed by atoms with Gasteiger partial charge in [-0.1, -0.05) is 45.1 Å². The monoisotopic (exact) mass is 343 g/mol. The van der Waals surface area contributed by atoms with Crippen LogP contribution in [0.5, 0.6) is 0 Å². The Morgan fingerprint density at radius 1 is 1.56 bits per heavy atom. The topological polar surface area (TPSA) is 54.9 Å². The van der Waals surface area contributed by atoms with Crippen molar-refractivity contribution < 1.29 is 4.79 Å². The van der Waals surface area contributed by atoms with E-state index < -0.39 is 0 Å². The lowest BCUT2D eigenvalue weighted by molar-refractivity contribution is -0.113. The molecule has 0 aliphatic carbocycles. The van der Waals surface area contributed by atoms with E-state index in [1.165, 1.54) is 23.1 Å². The molecule has 1 aromatic carbocycles. The first-order valence-electron chi connectivity index (χ1n) is 5.10. The Kier molecular flexibility index (Phi) is 4.73. The second-order valence-electron chi connectivity index (χ2n) is 3.51. The molecule has 94 valence electrons. The van der Waals surface area contributed by atoms with Gasteiger partial charge in [0.05, 0.1) is 5.75 Å². The molecule has 1 N–H and O–H groups in total. The predicted molar refractivity (Wildman–Crippen MR) is 78.1 cm³/mol. The van der Waals surface area contributed by atoms with E-state index in [2.05, 4.69) is 31.4 Å². The Balaban J connectivity index is 1.88. The van der Waals surface area contributed by atoms with Crippen molar-refractivity contribution in [2.45, 2.75) is 11.3 Å². The van der Waals surface area contributed by atoms with Gasteiger partial charge in [-0.15, -0.1) is 10.2 Å². The summed E-state index contributed by atoms with van der Waals surface area (Å²) < 4.78 is 1.78. The van der Waals surface area contributed by atoms with Crippen LogP contribution in [0.4, 0.5) is 5.69 Å². The lowest BCUT2D eigenvalue weighted by Crippen LogP contribution is -2.13. The number of rotatable bonds is 4. The van der Waals surface area contributed by atoms with Crippen molar-refractivity contribution in [1.82, 2.24) is 10.2 Å². The fraction of sp³-hybridized carbons (Fsp3) is 0.182. The van der Waals surface area contributed by atoms with Crippen molar-refractivity contribution in [2.75, 3.05) is 11.1 Å². The summed E-state index contributed by atoms with van der Waals surface area (Å²) in [4.78, 5) is 11.7. The second kappa shape index (κ2) is 6.31. The first-order chi connectivity index (χ1) is 8.65.